The van der Waals surface area contributed by atoms with Crippen LogP contribution in [-0.2, 0) is 14.2 Å². The van der Waals surface area contributed by atoms with Crippen LogP contribution < -0.4 is 5.32 Å². The predicted octanol–water partition coefficient (Wildman–Crippen LogP) is 1.44. The van der Waals surface area contributed by atoms with E-state index in [1.165, 1.54) is 6.42 Å². The molecular weight excluding hydrogens is 230 g/mol. The molecule has 2 saturated heterocycles. The highest BCUT2D eigenvalue weighted by Gasteiger charge is 2.26. The fourth-order valence-corrected chi connectivity index (χ4v) is 2.64. The lowest BCUT2D eigenvalue weighted by molar-refractivity contribution is 0.0594. The largest absolute Gasteiger partial charge is 0.381 e. The first-order valence-corrected chi connectivity index (χ1v) is 7.36. The lowest BCUT2D eigenvalue weighted by atomic mass is 9.99. The molecule has 106 valence electrons. The number of hydrogen-bond donors (Lipinski definition) is 1. The Hall–Kier alpha value is -0.160. The maximum Gasteiger partial charge on any atom is 0.0623 e. The molecule has 2 aliphatic rings. The molecule has 2 fully saturated rings. The van der Waals surface area contributed by atoms with Crippen LogP contribution in [0.5, 0.6) is 0 Å². The van der Waals surface area contributed by atoms with E-state index in [9.17, 15) is 0 Å². The van der Waals surface area contributed by atoms with Crippen molar-refractivity contribution in [1.82, 2.24) is 5.32 Å². The van der Waals surface area contributed by atoms with E-state index >= 15 is 0 Å². The van der Waals surface area contributed by atoms with Crippen LogP contribution in [0.3, 0.4) is 0 Å². The van der Waals surface area contributed by atoms with Gasteiger partial charge in [-0.05, 0) is 25.8 Å². The molecule has 0 aromatic carbocycles. The molecule has 4 nitrogen and oxygen atoms in total. The van der Waals surface area contributed by atoms with Gasteiger partial charge < -0.3 is 19.5 Å². The quantitative estimate of drug-likeness (QED) is 0.714. The summed E-state index contributed by atoms with van der Waals surface area (Å²) in [6, 6.07) is 0.453. The average Bonchev–Trinajstić information content (AvgIpc) is 3.05. The molecule has 0 bridgehead atoms. The minimum Gasteiger partial charge on any atom is -0.381 e. The van der Waals surface area contributed by atoms with Crippen molar-refractivity contribution in [1.29, 1.82) is 0 Å². The van der Waals surface area contributed by atoms with Crippen molar-refractivity contribution < 1.29 is 14.2 Å². The van der Waals surface area contributed by atoms with Crippen LogP contribution >= 0.6 is 0 Å². The van der Waals surface area contributed by atoms with Gasteiger partial charge in [-0.3, -0.25) is 0 Å². The second-order valence-corrected chi connectivity index (χ2v) is 5.45. The van der Waals surface area contributed by atoms with Crippen molar-refractivity contribution in [3.05, 3.63) is 0 Å². The molecule has 0 saturated carbocycles. The van der Waals surface area contributed by atoms with Crippen LogP contribution in [0, 0.1) is 11.8 Å². The van der Waals surface area contributed by atoms with Crippen molar-refractivity contribution in [2.24, 2.45) is 11.8 Å². The third-order valence-electron chi connectivity index (χ3n) is 3.87. The number of hydrogen-bond acceptors (Lipinski definition) is 4. The smallest absolute Gasteiger partial charge is 0.0623 e. The monoisotopic (exact) mass is 257 g/mol. The first-order valence-electron chi connectivity index (χ1n) is 7.36. The number of ether oxygens (including phenoxy) is 3. The summed E-state index contributed by atoms with van der Waals surface area (Å²) in [5, 5.41) is 3.60. The van der Waals surface area contributed by atoms with Crippen LogP contribution in [0.1, 0.15) is 26.2 Å². The van der Waals surface area contributed by atoms with Crippen molar-refractivity contribution in [3.63, 3.8) is 0 Å². The fraction of sp³-hybridized carbons (Fsp3) is 1.00. The van der Waals surface area contributed by atoms with Crippen molar-refractivity contribution in [3.8, 4) is 0 Å². The molecule has 0 radical (unpaired) electrons. The van der Waals surface area contributed by atoms with E-state index in [0.717, 1.165) is 59.0 Å². The molecule has 0 amide bonds. The SMILES string of the molecule is CCCNC(COCC1CCOC1)C1CCOC1. The zero-order valence-corrected chi connectivity index (χ0v) is 11.5. The summed E-state index contributed by atoms with van der Waals surface area (Å²) in [6.07, 6.45) is 3.48. The zero-order chi connectivity index (χ0) is 12.6. The van der Waals surface area contributed by atoms with Crippen LogP contribution in [0.4, 0.5) is 0 Å². The molecule has 1 N–H and O–H groups in total. The molecule has 3 unspecified atom stereocenters. The molecule has 0 aromatic rings. The van der Waals surface area contributed by atoms with Gasteiger partial charge in [0.15, 0.2) is 0 Å². The Bertz CT molecular complexity index is 213. The molecule has 3 atom stereocenters. The molecule has 0 spiro atoms. The lowest BCUT2D eigenvalue weighted by Gasteiger charge is -2.24. The molecule has 18 heavy (non-hydrogen) atoms. The highest BCUT2D eigenvalue weighted by Crippen LogP contribution is 2.18. The van der Waals surface area contributed by atoms with Gasteiger partial charge in [0.05, 0.1) is 26.4 Å². The maximum absolute atomic E-state index is 5.89. The van der Waals surface area contributed by atoms with Gasteiger partial charge in [-0.1, -0.05) is 6.92 Å². The van der Waals surface area contributed by atoms with E-state index in [4.69, 9.17) is 14.2 Å². The van der Waals surface area contributed by atoms with Crippen LogP contribution in [0.15, 0.2) is 0 Å². The summed E-state index contributed by atoms with van der Waals surface area (Å²) in [5.41, 5.74) is 0. The predicted molar refractivity (Wildman–Crippen MR) is 70.8 cm³/mol. The van der Waals surface area contributed by atoms with E-state index < -0.39 is 0 Å². The first kappa shape index (κ1) is 14.3. The van der Waals surface area contributed by atoms with Crippen molar-refractivity contribution in [2.45, 2.75) is 32.2 Å². The van der Waals surface area contributed by atoms with Crippen LogP contribution in [0.25, 0.3) is 0 Å². The average molecular weight is 257 g/mol. The van der Waals surface area contributed by atoms with Crippen LogP contribution in [0.2, 0.25) is 0 Å². The first-order chi connectivity index (χ1) is 8.90. The minimum atomic E-state index is 0.453. The van der Waals surface area contributed by atoms with Gasteiger partial charge in [-0.15, -0.1) is 0 Å². The summed E-state index contributed by atoms with van der Waals surface area (Å²) in [4.78, 5) is 0. The molecule has 0 aromatic heterocycles. The third kappa shape index (κ3) is 4.50. The summed E-state index contributed by atoms with van der Waals surface area (Å²) in [5.74, 6) is 1.23. The topological polar surface area (TPSA) is 39.7 Å². The van der Waals surface area contributed by atoms with E-state index in [2.05, 4.69) is 12.2 Å². The maximum atomic E-state index is 5.89. The Morgan fingerprint density at radius 1 is 1.22 bits per heavy atom. The van der Waals surface area contributed by atoms with Gasteiger partial charge in [-0.25, -0.2) is 0 Å². The Kier molecular flexibility index (Phi) is 6.41. The molecular formula is C14H27NO3. The summed E-state index contributed by atoms with van der Waals surface area (Å²) >= 11 is 0. The van der Waals surface area contributed by atoms with E-state index in [-0.39, 0.29) is 0 Å². The molecule has 2 aliphatic heterocycles. The number of nitrogens with one attached hydrogen (secondary N) is 1. The lowest BCUT2D eigenvalue weighted by Crippen LogP contribution is -2.41. The molecule has 0 aliphatic carbocycles. The van der Waals surface area contributed by atoms with Crippen molar-refractivity contribution >= 4 is 0 Å². The van der Waals surface area contributed by atoms with Gasteiger partial charge in [0.2, 0.25) is 0 Å². The third-order valence-corrected chi connectivity index (χ3v) is 3.87. The Morgan fingerprint density at radius 2 is 2.06 bits per heavy atom. The normalized spacial score (nSPS) is 29.8. The Balaban J connectivity index is 1.66. The second kappa shape index (κ2) is 8.10. The van der Waals surface area contributed by atoms with Gasteiger partial charge in [-0.2, -0.15) is 0 Å². The van der Waals surface area contributed by atoms with Gasteiger partial charge in [0, 0.05) is 31.1 Å². The fourth-order valence-electron chi connectivity index (χ4n) is 2.64. The Morgan fingerprint density at radius 3 is 2.72 bits per heavy atom. The highest BCUT2D eigenvalue weighted by atomic mass is 16.5. The minimum absolute atomic E-state index is 0.453. The second-order valence-electron chi connectivity index (χ2n) is 5.45. The summed E-state index contributed by atoms with van der Waals surface area (Å²) in [7, 11) is 0. The van der Waals surface area contributed by atoms with Crippen LogP contribution in [-0.4, -0.2) is 52.2 Å². The van der Waals surface area contributed by atoms with Crippen molar-refractivity contribution in [2.75, 3.05) is 46.2 Å². The number of rotatable bonds is 8. The molecule has 2 rings (SSSR count). The summed E-state index contributed by atoms with van der Waals surface area (Å²) < 4.78 is 16.7. The Labute approximate surface area is 110 Å². The highest BCUT2D eigenvalue weighted by molar-refractivity contribution is 4.79. The zero-order valence-electron chi connectivity index (χ0n) is 11.5. The van der Waals surface area contributed by atoms with E-state index in [0.29, 0.717) is 17.9 Å². The van der Waals surface area contributed by atoms with E-state index in [1.54, 1.807) is 0 Å². The standard InChI is InChI=1S/C14H27NO3/c1-2-5-15-14(13-4-7-17-10-13)11-18-9-12-3-6-16-8-12/h12-15H,2-11H2,1H3. The van der Waals surface area contributed by atoms with Gasteiger partial charge in [0.1, 0.15) is 0 Å². The van der Waals surface area contributed by atoms with Gasteiger partial charge >= 0.3 is 0 Å². The van der Waals surface area contributed by atoms with E-state index in [1.807, 2.05) is 0 Å². The summed E-state index contributed by atoms with van der Waals surface area (Å²) in [6.45, 7) is 8.50. The molecule has 4 heteroatoms. The molecule has 2 heterocycles. The van der Waals surface area contributed by atoms with Gasteiger partial charge in [0.25, 0.3) is 0 Å².